The zero-order valence-corrected chi connectivity index (χ0v) is 16.0. The van der Waals surface area contributed by atoms with E-state index in [4.69, 9.17) is 11.6 Å². The number of rotatable bonds is 4. The van der Waals surface area contributed by atoms with Crippen LogP contribution < -0.4 is 5.32 Å². The highest BCUT2D eigenvalue weighted by Crippen LogP contribution is 2.28. The van der Waals surface area contributed by atoms with Crippen LogP contribution in [-0.4, -0.2) is 29.0 Å². The molecule has 26 heavy (non-hydrogen) atoms. The largest absolute Gasteiger partial charge is 0.506 e. The molecule has 0 unspecified atom stereocenters. The van der Waals surface area contributed by atoms with Crippen LogP contribution in [0.25, 0.3) is 0 Å². The lowest BCUT2D eigenvalue weighted by Crippen LogP contribution is -2.37. The SMILES string of the molecule is Cc1ccc(C)c(CN2CCC(C(=O)Nc3cc(Cl)ccc3O)CC2)c1. The van der Waals surface area contributed by atoms with Crippen molar-refractivity contribution in [3.63, 3.8) is 0 Å². The number of carbonyl (C=O) groups is 1. The van der Waals surface area contributed by atoms with E-state index in [9.17, 15) is 9.90 Å². The van der Waals surface area contributed by atoms with E-state index in [1.165, 1.54) is 22.8 Å². The fourth-order valence-corrected chi connectivity index (χ4v) is 3.58. The number of carbonyl (C=O) groups excluding carboxylic acids is 1. The summed E-state index contributed by atoms with van der Waals surface area (Å²) in [6.45, 7) is 6.98. The Morgan fingerprint density at radius 3 is 2.65 bits per heavy atom. The molecular formula is C21H25ClN2O2. The molecule has 0 radical (unpaired) electrons. The first kappa shape index (κ1) is 18.7. The molecule has 0 spiro atoms. The Morgan fingerprint density at radius 1 is 1.19 bits per heavy atom. The van der Waals surface area contributed by atoms with E-state index in [1.54, 1.807) is 12.1 Å². The van der Waals surface area contributed by atoms with Gasteiger partial charge in [0.05, 0.1) is 5.69 Å². The molecule has 138 valence electrons. The van der Waals surface area contributed by atoms with Crippen molar-refractivity contribution in [2.75, 3.05) is 18.4 Å². The Hall–Kier alpha value is -2.04. The summed E-state index contributed by atoms with van der Waals surface area (Å²) in [5.74, 6) is -0.0488. The lowest BCUT2D eigenvalue weighted by molar-refractivity contribution is -0.121. The van der Waals surface area contributed by atoms with Gasteiger partial charge in [0.15, 0.2) is 0 Å². The van der Waals surface area contributed by atoms with E-state index in [0.717, 1.165) is 32.5 Å². The molecule has 1 aliphatic rings. The summed E-state index contributed by atoms with van der Waals surface area (Å²) >= 11 is 5.94. The van der Waals surface area contributed by atoms with E-state index in [-0.39, 0.29) is 17.6 Å². The van der Waals surface area contributed by atoms with Crippen LogP contribution in [0.3, 0.4) is 0 Å². The molecule has 1 heterocycles. The predicted octanol–water partition coefficient (Wildman–Crippen LogP) is 4.51. The number of piperidine rings is 1. The number of likely N-dealkylation sites (tertiary alicyclic amines) is 1. The summed E-state index contributed by atoms with van der Waals surface area (Å²) in [7, 11) is 0. The molecule has 4 nitrogen and oxygen atoms in total. The molecule has 2 aromatic carbocycles. The number of halogens is 1. The Bertz CT molecular complexity index is 799. The Balaban J connectivity index is 1.55. The van der Waals surface area contributed by atoms with E-state index in [2.05, 4.69) is 42.3 Å². The maximum absolute atomic E-state index is 12.5. The number of amides is 1. The Labute approximate surface area is 159 Å². The van der Waals surface area contributed by atoms with Gasteiger partial charge in [-0.3, -0.25) is 9.69 Å². The fourth-order valence-electron chi connectivity index (χ4n) is 3.41. The number of nitrogens with one attached hydrogen (secondary N) is 1. The summed E-state index contributed by atoms with van der Waals surface area (Å²) in [6, 6.07) is 11.2. The van der Waals surface area contributed by atoms with Crippen LogP contribution in [0.5, 0.6) is 5.75 Å². The maximum atomic E-state index is 12.5. The minimum absolute atomic E-state index is 0.0371. The van der Waals surface area contributed by atoms with Gasteiger partial charge < -0.3 is 10.4 Å². The van der Waals surface area contributed by atoms with Gasteiger partial charge in [-0.2, -0.15) is 0 Å². The number of hydrogen-bond acceptors (Lipinski definition) is 3. The lowest BCUT2D eigenvalue weighted by Gasteiger charge is -2.31. The molecule has 2 N–H and O–H groups in total. The third-order valence-corrected chi connectivity index (χ3v) is 5.31. The standard InChI is InChI=1S/C21H25ClN2O2/c1-14-3-4-15(2)17(11-14)13-24-9-7-16(8-10-24)21(26)23-19-12-18(22)5-6-20(19)25/h3-6,11-12,16,25H,7-10,13H2,1-2H3,(H,23,26). The van der Waals surface area contributed by atoms with E-state index in [0.29, 0.717) is 10.7 Å². The van der Waals surface area contributed by atoms with Crippen LogP contribution >= 0.6 is 11.6 Å². The van der Waals surface area contributed by atoms with Crippen LogP contribution in [0.4, 0.5) is 5.69 Å². The van der Waals surface area contributed by atoms with Gasteiger partial charge in [-0.15, -0.1) is 0 Å². The van der Waals surface area contributed by atoms with Gasteiger partial charge in [0.25, 0.3) is 0 Å². The monoisotopic (exact) mass is 372 g/mol. The zero-order chi connectivity index (χ0) is 18.7. The fraction of sp³-hybridized carbons (Fsp3) is 0.381. The van der Waals surface area contributed by atoms with Crippen LogP contribution in [0.15, 0.2) is 36.4 Å². The second kappa shape index (κ2) is 8.11. The summed E-state index contributed by atoms with van der Waals surface area (Å²) in [5.41, 5.74) is 4.32. The quantitative estimate of drug-likeness (QED) is 0.776. The molecule has 5 heteroatoms. The van der Waals surface area contributed by atoms with Crippen molar-refractivity contribution in [2.24, 2.45) is 5.92 Å². The van der Waals surface area contributed by atoms with Gasteiger partial charge >= 0.3 is 0 Å². The average Bonchev–Trinajstić information content (AvgIpc) is 2.62. The van der Waals surface area contributed by atoms with Crippen molar-refractivity contribution in [1.29, 1.82) is 0 Å². The second-order valence-corrected chi connectivity index (χ2v) is 7.57. The highest BCUT2D eigenvalue weighted by Gasteiger charge is 2.25. The number of aromatic hydroxyl groups is 1. The molecule has 1 saturated heterocycles. The van der Waals surface area contributed by atoms with E-state index >= 15 is 0 Å². The van der Waals surface area contributed by atoms with Crippen molar-refractivity contribution in [3.8, 4) is 5.75 Å². The highest BCUT2D eigenvalue weighted by molar-refractivity contribution is 6.31. The normalized spacial score (nSPS) is 15.8. The number of anilines is 1. The van der Waals surface area contributed by atoms with Crippen molar-refractivity contribution in [3.05, 3.63) is 58.1 Å². The molecule has 0 aliphatic carbocycles. The highest BCUT2D eigenvalue weighted by atomic mass is 35.5. The van der Waals surface area contributed by atoms with Gasteiger partial charge in [-0.05, 0) is 69.1 Å². The van der Waals surface area contributed by atoms with Gasteiger partial charge in [0.1, 0.15) is 5.75 Å². The van der Waals surface area contributed by atoms with Gasteiger partial charge in [-0.25, -0.2) is 0 Å². The number of phenolic OH excluding ortho intramolecular Hbond substituents is 1. The summed E-state index contributed by atoms with van der Waals surface area (Å²) in [5, 5.41) is 13.2. The van der Waals surface area contributed by atoms with Crippen molar-refractivity contribution in [2.45, 2.75) is 33.2 Å². The molecule has 1 amide bonds. The average molecular weight is 373 g/mol. The number of phenols is 1. The molecule has 3 rings (SSSR count). The third-order valence-electron chi connectivity index (χ3n) is 5.07. The maximum Gasteiger partial charge on any atom is 0.227 e. The first-order chi connectivity index (χ1) is 12.4. The third kappa shape index (κ3) is 4.57. The second-order valence-electron chi connectivity index (χ2n) is 7.13. The van der Waals surface area contributed by atoms with Crippen LogP contribution in [-0.2, 0) is 11.3 Å². The lowest BCUT2D eigenvalue weighted by atomic mass is 9.95. The number of benzene rings is 2. The van der Waals surface area contributed by atoms with Crippen molar-refractivity contribution in [1.82, 2.24) is 4.90 Å². The Morgan fingerprint density at radius 2 is 1.92 bits per heavy atom. The van der Waals surface area contributed by atoms with E-state index in [1.807, 2.05) is 0 Å². The smallest absolute Gasteiger partial charge is 0.227 e. The first-order valence-corrected chi connectivity index (χ1v) is 9.38. The van der Waals surface area contributed by atoms with Crippen LogP contribution in [0.1, 0.15) is 29.5 Å². The number of nitrogens with zero attached hydrogens (tertiary/aromatic N) is 1. The minimum Gasteiger partial charge on any atom is -0.506 e. The molecular weight excluding hydrogens is 348 g/mol. The van der Waals surface area contributed by atoms with Crippen molar-refractivity contribution < 1.29 is 9.90 Å². The van der Waals surface area contributed by atoms with Crippen LogP contribution in [0.2, 0.25) is 5.02 Å². The molecule has 1 aliphatic heterocycles. The van der Waals surface area contributed by atoms with Crippen molar-refractivity contribution >= 4 is 23.2 Å². The molecule has 0 aromatic heterocycles. The zero-order valence-electron chi connectivity index (χ0n) is 15.3. The van der Waals surface area contributed by atoms with Gasteiger partial charge in [0, 0.05) is 17.5 Å². The molecule has 1 fully saturated rings. The summed E-state index contributed by atoms with van der Waals surface area (Å²) < 4.78 is 0. The first-order valence-electron chi connectivity index (χ1n) is 9.00. The minimum atomic E-state index is -0.0473. The van der Waals surface area contributed by atoms with Gasteiger partial charge in [-0.1, -0.05) is 35.4 Å². The molecule has 0 saturated carbocycles. The Kier molecular flexibility index (Phi) is 5.84. The van der Waals surface area contributed by atoms with E-state index < -0.39 is 0 Å². The predicted molar refractivity (Wildman–Crippen MR) is 106 cm³/mol. The molecule has 0 atom stereocenters. The molecule has 2 aromatic rings. The number of aryl methyl sites for hydroxylation is 2. The number of hydrogen-bond donors (Lipinski definition) is 2. The molecule has 0 bridgehead atoms. The topological polar surface area (TPSA) is 52.6 Å². The summed E-state index contributed by atoms with van der Waals surface area (Å²) in [6.07, 6.45) is 1.63. The summed E-state index contributed by atoms with van der Waals surface area (Å²) in [4.78, 5) is 14.9. The van der Waals surface area contributed by atoms with Gasteiger partial charge in [0.2, 0.25) is 5.91 Å². The van der Waals surface area contributed by atoms with Crippen LogP contribution in [0, 0.1) is 19.8 Å².